The fourth-order valence-electron chi connectivity index (χ4n) is 3.81. The fraction of sp³-hybridized carbons (Fsp3) is 0.917. The molecule has 3 rings (SSSR count). The standard InChI is InChI=1S/C12H18O2/c13-12-6-9(7-14-12)5-11-4-8-1-2-10(11)3-8/h8-11H,1-7H2. The summed E-state index contributed by atoms with van der Waals surface area (Å²) in [7, 11) is 0. The van der Waals surface area contributed by atoms with Gasteiger partial charge in [-0.2, -0.15) is 0 Å². The Bertz CT molecular complexity index is 249. The summed E-state index contributed by atoms with van der Waals surface area (Å²) in [5.41, 5.74) is 0. The predicted molar refractivity (Wildman–Crippen MR) is 52.6 cm³/mol. The van der Waals surface area contributed by atoms with E-state index in [0.717, 1.165) is 17.8 Å². The number of esters is 1. The summed E-state index contributed by atoms with van der Waals surface area (Å²) in [6, 6.07) is 0. The minimum atomic E-state index is 0.0261. The van der Waals surface area contributed by atoms with Gasteiger partial charge in [0, 0.05) is 5.92 Å². The molecule has 2 bridgehead atoms. The zero-order chi connectivity index (χ0) is 9.54. The Kier molecular flexibility index (Phi) is 2.03. The fourth-order valence-corrected chi connectivity index (χ4v) is 3.81. The SMILES string of the molecule is O=C1CC(CC2CC3CCC2C3)CO1. The zero-order valence-electron chi connectivity index (χ0n) is 8.58. The highest BCUT2D eigenvalue weighted by molar-refractivity contribution is 5.71. The summed E-state index contributed by atoms with van der Waals surface area (Å²) >= 11 is 0. The molecule has 2 heteroatoms. The van der Waals surface area contributed by atoms with Crippen molar-refractivity contribution < 1.29 is 9.53 Å². The molecular formula is C12H18O2. The Hall–Kier alpha value is -0.530. The van der Waals surface area contributed by atoms with Gasteiger partial charge in [-0.15, -0.1) is 0 Å². The zero-order valence-corrected chi connectivity index (χ0v) is 8.58. The quantitative estimate of drug-likeness (QED) is 0.631. The van der Waals surface area contributed by atoms with Crippen LogP contribution in [0.2, 0.25) is 0 Å². The number of cyclic esters (lactones) is 1. The highest BCUT2D eigenvalue weighted by atomic mass is 16.5. The lowest BCUT2D eigenvalue weighted by Gasteiger charge is -2.23. The first-order valence-electron chi connectivity index (χ1n) is 5.97. The lowest BCUT2D eigenvalue weighted by Crippen LogP contribution is -2.15. The Morgan fingerprint density at radius 3 is 2.79 bits per heavy atom. The first kappa shape index (κ1) is 8.75. The molecule has 2 aliphatic carbocycles. The van der Waals surface area contributed by atoms with Crippen LogP contribution in [0.3, 0.4) is 0 Å². The molecule has 1 aliphatic heterocycles. The lowest BCUT2D eigenvalue weighted by molar-refractivity contribution is -0.137. The van der Waals surface area contributed by atoms with Gasteiger partial charge >= 0.3 is 5.97 Å². The number of fused-ring (bicyclic) bond motifs is 2. The molecule has 0 aromatic rings. The van der Waals surface area contributed by atoms with Crippen LogP contribution in [0, 0.1) is 23.7 Å². The van der Waals surface area contributed by atoms with E-state index in [9.17, 15) is 4.79 Å². The summed E-state index contributed by atoms with van der Waals surface area (Å²) in [5, 5.41) is 0. The first-order chi connectivity index (χ1) is 6.81. The van der Waals surface area contributed by atoms with Crippen molar-refractivity contribution in [1.29, 1.82) is 0 Å². The summed E-state index contributed by atoms with van der Waals surface area (Å²) in [6.07, 6.45) is 7.79. The molecule has 0 aromatic carbocycles. The maximum atomic E-state index is 11.0. The van der Waals surface area contributed by atoms with Crippen LogP contribution in [-0.4, -0.2) is 12.6 Å². The van der Waals surface area contributed by atoms with Gasteiger partial charge in [0.1, 0.15) is 0 Å². The van der Waals surface area contributed by atoms with Crippen molar-refractivity contribution in [1.82, 2.24) is 0 Å². The van der Waals surface area contributed by atoms with Crippen molar-refractivity contribution in [3.63, 3.8) is 0 Å². The topological polar surface area (TPSA) is 26.3 Å². The van der Waals surface area contributed by atoms with Gasteiger partial charge in [-0.1, -0.05) is 6.42 Å². The van der Waals surface area contributed by atoms with Gasteiger partial charge in [-0.3, -0.25) is 4.79 Å². The van der Waals surface area contributed by atoms with Crippen LogP contribution in [0.1, 0.15) is 38.5 Å². The molecule has 78 valence electrons. The molecule has 1 saturated heterocycles. The van der Waals surface area contributed by atoms with Crippen molar-refractivity contribution in [2.24, 2.45) is 23.7 Å². The van der Waals surface area contributed by atoms with Crippen LogP contribution in [-0.2, 0) is 9.53 Å². The number of rotatable bonds is 2. The Balaban J connectivity index is 1.55. The summed E-state index contributed by atoms with van der Waals surface area (Å²) in [6.45, 7) is 0.701. The highest BCUT2D eigenvalue weighted by Crippen LogP contribution is 2.50. The van der Waals surface area contributed by atoms with E-state index < -0.39 is 0 Å². The molecule has 2 nitrogen and oxygen atoms in total. The van der Waals surface area contributed by atoms with E-state index in [2.05, 4.69) is 0 Å². The number of carbonyl (C=O) groups excluding carboxylic acids is 1. The molecule has 0 spiro atoms. The Morgan fingerprint density at radius 1 is 1.29 bits per heavy atom. The van der Waals surface area contributed by atoms with Gasteiger partial charge in [-0.25, -0.2) is 0 Å². The molecule has 0 radical (unpaired) electrons. The molecular weight excluding hydrogens is 176 g/mol. The van der Waals surface area contributed by atoms with Crippen LogP contribution in [0.5, 0.6) is 0 Å². The third kappa shape index (κ3) is 1.45. The molecule has 0 amide bonds. The number of hydrogen-bond donors (Lipinski definition) is 0. The van der Waals surface area contributed by atoms with Gasteiger partial charge in [-0.05, 0) is 43.4 Å². The van der Waals surface area contributed by atoms with E-state index in [4.69, 9.17) is 4.74 Å². The highest BCUT2D eigenvalue weighted by Gasteiger charge is 2.41. The predicted octanol–water partition coefficient (Wildman–Crippen LogP) is 2.38. The van der Waals surface area contributed by atoms with Crippen molar-refractivity contribution >= 4 is 5.97 Å². The van der Waals surface area contributed by atoms with E-state index in [-0.39, 0.29) is 5.97 Å². The van der Waals surface area contributed by atoms with Gasteiger partial charge in [0.05, 0.1) is 13.0 Å². The third-order valence-corrected chi connectivity index (χ3v) is 4.46. The van der Waals surface area contributed by atoms with E-state index in [1.54, 1.807) is 0 Å². The van der Waals surface area contributed by atoms with E-state index in [1.165, 1.54) is 32.1 Å². The summed E-state index contributed by atoms with van der Waals surface area (Å²) < 4.78 is 5.02. The van der Waals surface area contributed by atoms with Gasteiger partial charge in [0.2, 0.25) is 0 Å². The maximum Gasteiger partial charge on any atom is 0.306 e. The third-order valence-electron chi connectivity index (χ3n) is 4.46. The van der Waals surface area contributed by atoms with Crippen molar-refractivity contribution in [3.05, 3.63) is 0 Å². The molecule has 3 aliphatic rings. The second-order valence-electron chi connectivity index (χ2n) is 5.42. The normalized spacial score (nSPS) is 45.9. The lowest BCUT2D eigenvalue weighted by atomic mass is 9.82. The van der Waals surface area contributed by atoms with Crippen molar-refractivity contribution in [2.75, 3.05) is 6.61 Å². The van der Waals surface area contributed by atoms with Crippen LogP contribution in [0.15, 0.2) is 0 Å². The van der Waals surface area contributed by atoms with Crippen molar-refractivity contribution in [2.45, 2.75) is 38.5 Å². The van der Waals surface area contributed by atoms with E-state index in [0.29, 0.717) is 18.9 Å². The summed E-state index contributed by atoms with van der Waals surface area (Å²) in [5.74, 6) is 3.52. The Morgan fingerprint density at radius 2 is 2.21 bits per heavy atom. The minimum absolute atomic E-state index is 0.0261. The number of hydrogen-bond acceptors (Lipinski definition) is 2. The van der Waals surface area contributed by atoms with Crippen LogP contribution < -0.4 is 0 Å². The van der Waals surface area contributed by atoms with E-state index in [1.807, 2.05) is 0 Å². The maximum absolute atomic E-state index is 11.0. The average Bonchev–Trinajstić information content (AvgIpc) is 2.82. The van der Waals surface area contributed by atoms with E-state index >= 15 is 0 Å². The summed E-state index contributed by atoms with van der Waals surface area (Å²) in [4.78, 5) is 11.0. The molecule has 0 aromatic heterocycles. The van der Waals surface area contributed by atoms with Crippen LogP contribution in [0.25, 0.3) is 0 Å². The molecule has 0 N–H and O–H groups in total. The molecule has 4 unspecified atom stereocenters. The Labute approximate surface area is 85.0 Å². The van der Waals surface area contributed by atoms with Gasteiger partial charge in [0.25, 0.3) is 0 Å². The second kappa shape index (κ2) is 3.25. The first-order valence-corrected chi connectivity index (χ1v) is 5.97. The minimum Gasteiger partial charge on any atom is -0.465 e. The molecule has 2 saturated carbocycles. The van der Waals surface area contributed by atoms with Crippen LogP contribution in [0.4, 0.5) is 0 Å². The number of carbonyl (C=O) groups is 1. The number of ether oxygens (including phenoxy) is 1. The second-order valence-corrected chi connectivity index (χ2v) is 5.42. The molecule has 3 fully saturated rings. The largest absolute Gasteiger partial charge is 0.465 e. The van der Waals surface area contributed by atoms with Gasteiger partial charge < -0.3 is 4.74 Å². The molecule has 4 atom stereocenters. The molecule has 14 heavy (non-hydrogen) atoms. The smallest absolute Gasteiger partial charge is 0.306 e. The van der Waals surface area contributed by atoms with Crippen LogP contribution >= 0.6 is 0 Å². The average molecular weight is 194 g/mol. The monoisotopic (exact) mass is 194 g/mol. The molecule has 1 heterocycles. The van der Waals surface area contributed by atoms with Gasteiger partial charge in [0.15, 0.2) is 0 Å². The van der Waals surface area contributed by atoms with Crippen molar-refractivity contribution in [3.8, 4) is 0 Å².